The van der Waals surface area contributed by atoms with Gasteiger partial charge < -0.3 is 20.9 Å². The summed E-state index contributed by atoms with van der Waals surface area (Å²) in [6.45, 7) is 1.78. The maximum Gasteiger partial charge on any atom is 0.307 e. The van der Waals surface area contributed by atoms with Gasteiger partial charge in [-0.3, -0.25) is 9.59 Å². The SMILES string of the molecule is COC(=O)CC(C)NCC(O)C(N)=O. The molecule has 0 aromatic heterocycles. The number of amides is 1. The molecule has 0 aliphatic rings. The molecular weight excluding hydrogens is 188 g/mol. The van der Waals surface area contributed by atoms with Crippen molar-refractivity contribution in [1.29, 1.82) is 0 Å². The van der Waals surface area contributed by atoms with Crippen LogP contribution in [0.15, 0.2) is 0 Å². The normalized spacial score (nSPS) is 14.5. The van der Waals surface area contributed by atoms with Gasteiger partial charge in [0, 0.05) is 12.6 Å². The minimum atomic E-state index is -1.23. The highest BCUT2D eigenvalue weighted by Crippen LogP contribution is 1.93. The summed E-state index contributed by atoms with van der Waals surface area (Å²) in [6.07, 6.45) is -1.04. The van der Waals surface area contributed by atoms with Gasteiger partial charge >= 0.3 is 5.97 Å². The van der Waals surface area contributed by atoms with Gasteiger partial charge in [0.15, 0.2) is 0 Å². The molecule has 0 saturated carbocycles. The molecule has 0 spiro atoms. The van der Waals surface area contributed by atoms with Crippen LogP contribution in [0, 0.1) is 0 Å². The molecule has 2 atom stereocenters. The van der Waals surface area contributed by atoms with Gasteiger partial charge in [0.1, 0.15) is 6.10 Å². The van der Waals surface area contributed by atoms with Crippen molar-refractivity contribution in [1.82, 2.24) is 5.32 Å². The molecular formula is C8H16N2O4. The molecule has 0 aliphatic heterocycles. The number of carbonyl (C=O) groups is 2. The first-order chi connectivity index (χ1) is 6.47. The molecule has 0 radical (unpaired) electrons. The molecule has 2 unspecified atom stereocenters. The van der Waals surface area contributed by atoms with Crippen LogP contribution in [0.1, 0.15) is 13.3 Å². The molecule has 14 heavy (non-hydrogen) atoms. The van der Waals surface area contributed by atoms with Gasteiger partial charge in [-0.15, -0.1) is 0 Å². The van der Waals surface area contributed by atoms with E-state index in [-0.39, 0.29) is 25.0 Å². The van der Waals surface area contributed by atoms with Crippen LogP contribution in [-0.2, 0) is 14.3 Å². The van der Waals surface area contributed by atoms with Crippen LogP contribution in [0.4, 0.5) is 0 Å². The first kappa shape index (κ1) is 12.9. The van der Waals surface area contributed by atoms with Gasteiger partial charge in [0.2, 0.25) is 5.91 Å². The van der Waals surface area contributed by atoms with Gasteiger partial charge in [0.25, 0.3) is 0 Å². The highest BCUT2D eigenvalue weighted by Gasteiger charge is 2.13. The van der Waals surface area contributed by atoms with Crippen LogP contribution in [-0.4, -0.2) is 42.8 Å². The smallest absolute Gasteiger partial charge is 0.307 e. The molecule has 0 fully saturated rings. The zero-order valence-electron chi connectivity index (χ0n) is 8.32. The zero-order valence-corrected chi connectivity index (χ0v) is 8.32. The van der Waals surface area contributed by atoms with Crippen LogP contribution in [0.5, 0.6) is 0 Å². The molecule has 0 heterocycles. The summed E-state index contributed by atoms with van der Waals surface area (Å²) in [4.78, 5) is 21.2. The molecule has 0 aromatic carbocycles. The van der Waals surface area contributed by atoms with E-state index in [1.54, 1.807) is 6.92 Å². The fraction of sp³-hybridized carbons (Fsp3) is 0.750. The summed E-state index contributed by atoms with van der Waals surface area (Å²) in [5, 5.41) is 11.8. The Morgan fingerprint density at radius 1 is 1.57 bits per heavy atom. The summed E-state index contributed by atoms with van der Waals surface area (Å²) in [5.41, 5.74) is 4.83. The van der Waals surface area contributed by atoms with Gasteiger partial charge in [-0.1, -0.05) is 0 Å². The Balaban J connectivity index is 3.68. The van der Waals surface area contributed by atoms with Crippen molar-refractivity contribution < 1.29 is 19.4 Å². The minimum Gasteiger partial charge on any atom is -0.469 e. The van der Waals surface area contributed by atoms with E-state index in [2.05, 4.69) is 10.1 Å². The Morgan fingerprint density at radius 2 is 2.14 bits per heavy atom. The molecule has 1 amide bonds. The van der Waals surface area contributed by atoms with Crippen molar-refractivity contribution in [3.8, 4) is 0 Å². The molecule has 6 heteroatoms. The third-order valence-corrected chi connectivity index (χ3v) is 1.69. The van der Waals surface area contributed by atoms with E-state index in [9.17, 15) is 9.59 Å². The molecule has 0 saturated heterocycles. The molecule has 0 aliphatic carbocycles. The van der Waals surface area contributed by atoms with Gasteiger partial charge in [-0.2, -0.15) is 0 Å². The summed E-state index contributed by atoms with van der Waals surface area (Å²) < 4.78 is 4.44. The van der Waals surface area contributed by atoms with E-state index in [0.717, 1.165) is 0 Å². The third kappa shape index (κ3) is 5.50. The number of aliphatic hydroxyl groups is 1. The minimum absolute atomic E-state index is 0.0352. The number of hydrogen-bond acceptors (Lipinski definition) is 5. The Hall–Kier alpha value is -1.14. The number of methoxy groups -OCH3 is 1. The fourth-order valence-corrected chi connectivity index (χ4v) is 0.819. The van der Waals surface area contributed by atoms with Crippen LogP contribution in [0.2, 0.25) is 0 Å². The number of nitrogens with one attached hydrogen (secondary N) is 1. The average molecular weight is 204 g/mol. The molecule has 0 aromatic rings. The van der Waals surface area contributed by atoms with E-state index < -0.39 is 12.0 Å². The van der Waals surface area contributed by atoms with E-state index >= 15 is 0 Å². The van der Waals surface area contributed by atoms with E-state index in [1.165, 1.54) is 7.11 Å². The lowest BCUT2D eigenvalue weighted by atomic mass is 10.2. The second kappa shape index (κ2) is 6.33. The highest BCUT2D eigenvalue weighted by atomic mass is 16.5. The fourth-order valence-electron chi connectivity index (χ4n) is 0.819. The maximum absolute atomic E-state index is 10.8. The molecule has 4 N–H and O–H groups in total. The molecule has 6 nitrogen and oxygen atoms in total. The van der Waals surface area contributed by atoms with Crippen LogP contribution in [0.3, 0.4) is 0 Å². The lowest BCUT2D eigenvalue weighted by Gasteiger charge is -2.14. The first-order valence-electron chi connectivity index (χ1n) is 4.25. The van der Waals surface area contributed by atoms with Crippen molar-refractivity contribution in [3.05, 3.63) is 0 Å². The Morgan fingerprint density at radius 3 is 2.57 bits per heavy atom. The standard InChI is InChI=1S/C8H16N2O4/c1-5(3-7(12)14-2)10-4-6(11)8(9)13/h5-6,10-11H,3-4H2,1-2H3,(H2,9,13). The maximum atomic E-state index is 10.8. The molecule has 0 bridgehead atoms. The first-order valence-corrected chi connectivity index (χ1v) is 4.25. The van der Waals surface area contributed by atoms with Crippen molar-refractivity contribution in [2.75, 3.05) is 13.7 Å². The number of ether oxygens (including phenoxy) is 1. The highest BCUT2D eigenvalue weighted by molar-refractivity contribution is 5.78. The number of nitrogens with two attached hydrogens (primary N) is 1. The van der Waals surface area contributed by atoms with Crippen molar-refractivity contribution in [2.24, 2.45) is 5.73 Å². The third-order valence-electron chi connectivity index (χ3n) is 1.69. The lowest BCUT2D eigenvalue weighted by Crippen LogP contribution is -2.41. The van der Waals surface area contributed by atoms with E-state index in [4.69, 9.17) is 10.8 Å². The Kier molecular flexibility index (Phi) is 5.82. The molecule has 0 rings (SSSR count). The summed E-state index contributed by atoms with van der Waals surface area (Å²) >= 11 is 0. The monoisotopic (exact) mass is 204 g/mol. The topological polar surface area (TPSA) is 102 Å². The van der Waals surface area contributed by atoms with E-state index in [1.807, 2.05) is 0 Å². The van der Waals surface area contributed by atoms with Gasteiger partial charge in [0.05, 0.1) is 13.5 Å². The van der Waals surface area contributed by atoms with Gasteiger partial charge in [-0.25, -0.2) is 0 Å². The summed E-state index contributed by atoms with van der Waals surface area (Å²) in [5.74, 6) is -1.14. The average Bonchev–Trinajstić information content (AvgIpc) is 2.13. The number of carbonyl (C=O) groups excluding carboxylic acids is 2. The predicted octanol–water partition coefficient (Wildman–Crippen LogP) is -1.63. The number of aliphatic hydroxyl groups excluding tert-OH is 1. The Bertz CT molecular complexity index is 208. The zero-order chi connectivity index (χ0) is 11.1. The number of rotatable bonds is 6. The van der Waals surface area contributed by atoms with Crippen LogP contribution >= 0.6 is 0 Å². The largest absolute Gasteiger partial charge is 0.469 e. The molecule has 82 valence electrons. The summed E-state index contributed by atoms with van der Waals surface area (Å²) in [7, 11) is 1.30. The van der Waals surface area contributed by atoms with E-state index in [0.29, 0.717) is 0 Å². The number of esters is 1. The lowest BCUT2D eigenvalue weighted by molar-refractivity contribution is -0.141. The van der Waals surface area contributed by atoms with Crippen molar-refractivity contribution >= 4 is 11.9 Å². The van der Waals surface area contributed by atoms with Crippen LogP contribution in [0.25, 0.3) is 0 Å². The Labute approximate surface area is 82.4 Å². The number of hydrogen-bond donors (Lipinski definition) is 3. The van der Waals surface area contributed by atoms with Crippen LogP contribution < -0.4 is 11.1 Å². The quantitative estimate of drug-likeness (QED) is 0.451. The van der Waals surface area contributed by atoms with Crippen molar-refractivity contribution in [3.63, 3.8) is 0 Å². The van der Waals surface area contributed by atoms with Gasteiger partial charge in [-0.05, 0) is 6.92 Å². The second-order valence-corrected chi connectivity index (χ2v) is 3.01. The number of primary amides is 1. The second-order valence-electron chi connectivity index (χ2n) is 3.01. The predicted molar refractivity (Wildman–Crippen MR) is 49.3 cm³/mol. The summed E-state index contributed by atoms with van der Waals surface area (Å²) in [6, 6.07) is -0.170. The van der Waals surface area contributed by atoms with Crippen molar-refractivity contribution in [2.45, 2.75) is 25.5 Å².